The molecule has 2 N–H and O–H groups in total. The molecule has 0 fully saturated rings. The molecule has 2 aromatic rings. The summed E-state index contributed by atoms with van der Waals surface area (Å²) in [6.45, 7) is 2.18. The van der Waals surface area contributed by atoms with E-state index in [9.17, 15) is 14.4 Å². The zero-order chi connectivity index (χ0) is 21.2. The summed E-state index contributed by atoms with van der Waals surface area (Å²) in [6.07, 6.45) is -0.761. The van der Waals surface area contributed by atoms with Crippen LogP contribution in [0.1, 0.15) is 30.1 Å². The minimum Gasteiger partial charge on any atom is -0.494 e. The molecule has 0 spiro atoms. The van der Waals surface area contributed by atoms with Gasteiger partial charge >= 0.3 is 12.0 Å². The third kappa shape index (κ3) is 7.12. The Bertz CT molecular complexity index is 857. The van der Waals surface area contributed by atoms with Gasteiger partial charge in [-0.25, -0.2) is 4.79 Å². The molecule has 29 heavy (non-hydrogen) atoms. The van der Waals surface area contributed by atoms with Crippen LogP contribution in [0.15, 0.2) is 48.5 Å². The molecule has 0 bridgehead atoms. The predicted octanol–water partition coefficient (Wildman–Crippen LogP) is 3.55. The summed E-state index contributed by atoms with van der Waals surface area (Å²) in [6, 6.07) is 13.1. The van der Waals surface area contributed by atoms with Crippen molar-refractivity contribution in [2.24, 2.45) is 0 Å². The van der Waals surface area contributed by atoms with Gasteiger partial charge in [-0.15, -0.1) is 0 Å². The molecule has 0 aliphatic heterocycles. The maximum atomic E-state index is 12.3. The van der Waals surface area contributed by atoms with Gasteiger partial charge in [0.15, 0.2) is 0 Å². The summed E-state index contributed by atoms with van der Waals surface area (Å²) in [5.74, 6) is -0.633. The van der Waals surface area contributed by atoms with Crippen molar-refractivity contribution in [1.82, 2.24) is 10.6 Å². The Kier molecular flexibility index (Phi) is 8.48. The van der Waals surface area contributed by atoms with Gasteiger partial charge in [-0.05, 0) is 37.1 Å². The minimum absolute atomic E-state index is 0.0587. The summed E-state index contributed by atoms with van der Waals surface area (Å²) in [5.41, 5.74) is 1.37. The Morgan fingerprint density at radius 1 is 1.10 bits per heavy atom. The Labute approximate surface area is 174 Å². The molecule has 0 saturated heterocycles. The number of hydrogen-bond acceptors (Lipinski definition) is 5. The topological polar surface area (TPSA) is 93.7 Å². The molecule has 3 amide bonds. The van der Waals surface area contributed by atoms with Gasteiger partial charge in [0.25, 0.3) is 5.91 Å². The average molecular weight is 419 g/mol. The third-order valence-corrected chi connectivity index (χ3v) is 4.40. The van der Waals surface area contributed by atoms with Crippen molar-refractivity contribution in [3.63, 3.8) is 0 Å². The predicted molar refractivity (Wildman–Crippen MR) is 109 cm³/mol. The van der Waals surface area contributed by atoms with Gasteiger partial charge < -0.3 is 14.8 Å². The molecule has 8 heteroatoms. The normalized spacial score (nSPS) is 11.3. The molecular formula is C21H23ClN2O5. The molecule has 154 valence electrons. The highest BCUT2D eigenvalue weighted by atomic mass is 35.5. The summed E-state index contributed by atoms with van der Waals surface area (Å²) in [5, 5.41) is 5.07. The van der Waals surface area contributed by atoms with E-state index in [4.69, 9.17) is 21.1 Å². The van der Waals surface area contributed by atoms with Crippen molar-refractivity contribution in [2.75, 3.05) is 13.7 Å². The van der Waals surface area contributed by atoms with Crippen molar-refractivity contribution in [3.05, 3.63) is 64.7 Å². The number of amides is 3. The van der Waals surface area contributed by atoms with Crippen LogP contribution < -0.4 is 15.4 Å². The molecule has 0 unspecified atom stereocenters. The number of esters is 1. The van der Waals surface area contributed by atoms with Crippen molar-refractivity contribution in [3.8, 4) is 5.75 Å². The lowest BCUT2D eigenvalue weighted by atomic mass is 10.1. The van der Waals surface area contributed by atoms with Crippen molar-refractivity contribution >= 4 is 29.5 Å². The van der Waals surface area contributed by atoms with E-state index in [1.165, 1.54) is 7.05 Å². The number of benzene rings is 2. The standard InChI is InChI=1S/C21H23ClN2O5/c1-14-13-16(10-11-17(14)22)28-12-6-9-18(25)29-19(15-7-4-3-5-8-15)20(26)24-21(27)23-2/h3-5,7-8,10-11,13,19H,6,9,12H2,1-2H3,(H2,23,24,26,27)/t19-/m0/s1. The quantitative estimate of drug-likeness (QED) is 0.505. The fourth-order valence-corrected chi connectivity index (χ4v) is 2.56. The van der Waals surface area contributed by atoms with E-state index >= 15 is 0 Å². The number of rotatable bonds is 8. The molecule has 0 aliphatic rings. The van der Waals surface area contributed by atoms with Gasteiger partial charge in [0, 0.05) is 24.1 Å². The number of hydrogen-bond donors (Lipinski definition) is 2. The van der Waals surface area contributed by atoms with Crippen LogP contribution in [0.4, 0.5) is 4.79 Å². The molecular weight excluding hydrogens is 396 g/mol. The van der Waals surface area contributed by atoms with Crippen molar-refractivity contribution < 1.29 is 23.9 Å². The highest BCUT2D eigenvalue weighted by Crippen LogP contribution is 2.22. The molecule has 2 rings (SSSR count). The van der Waals surface area contributed by atoms with E-state index in [0.29, 0.717) is 29.4 Å². The number of carbonyl (C=O) groups excluding carboxylic acids is 3. The monoisotopic (exact) mass is 418 g/mol. The maximum Gasteiger partial charge on any atom is 0.321 e. The second-order valence-corrected chi connectivity index (χ2v) is 6.62. The first kappa shape index (κ1) is 22.2. The van der Waals surface area contributed by atoms with E-state index in [1.54, 1.807) is 42.5 Å². The molecule has 7 nitrogen and oxygen atoms in total. The highest BCUT2D eigenvalue weighted by Gasteiger charge is 2.26. The largest absolute Gasteiger partial charge is 0.494 e. The van der Waals surface area contributed by atoms with Crippen LogP contribution in [0.5, 0.6) is 5.75 Å². The van der Waals surface area contributed by atoms with E-state index in [-0.39, 0.29) is 6.42 Å². The highest BCUT2D eigenvalue weighted by molar-refractivity contribution is 6.31. The second-order valence-electron chi connectivity index (χ2n) is 6.21. The number of carbonyl (C=O) groups is 3. The van der Waals surface area contributed by atoms with E-state index in [1.807, 2.05) is 13.0 Å². The van der Waals surface area contributed by atoms with E-state index in [2.05, 4.69) is 10.6 Å². The summed E-state index contributed by atoms with van der Waals surface area (Å²) in [4.78, 5) is 36.0. The van der Waals surface area contributed by atoms with Crippen LogP contribution in [0.25, 0.3) is 0 Å². The fraction of sp³-hybridized carbons (Fsp3) is 0.286. The van der Waals surface area contributed by atoms with Crippen LogP contribution in [-0.4, -0.2) is 31.6 Å². The molecule has 1 atom stereocenters. The smallest absolute Gasteiger partial charge is 0.321 e. The van der Waals surface area contributed by atoms with Crippen LogP contribution in [0, 0.1) is 6.92 Å². The SMILES string of the molecule is CNC(=O)NC(=O)[C@@H](OC(=O)CCCOc1ccc(Cl)c(C)c1)c1ccccc1. The Morgan fingerprint density at radius 3 is 2.48 bits per heavy atom. The molecule has 0 radical (unpaired) electrons. The fourth-order valence-electron chi connectivity index (χ4n) is 2.44. The first-order valence-electron chi connectivity index (χ1n) is 9.06. The van der Waals surface area contributed by atoms with E-state index < -0.39 is 24.0 Å². The van der Waals surface area contributed by atoms with Crippen molar-refractivity contribution in [2.45, 2.75) is 25.9 Å². The molecule has 0 aromatic heterocycles. The van der Waals surface area contributed by atoms with E-state index in [0.717, 1.165) is 5.56 Å². The van der Waals surface area contributed by atoms with Crippen LogP contribution in [0.3, 0.4) is 0 Å². The number of halogens is 1. The van der Waals surface area contributed by atoms with Gasteiger partial charge in [-0.3, -0.25) is 14.9 Å². The summed E-state index contributed by atoms with van der Waals surface area (Å²) in [7, 11) is 1.38. The average Bonchev–Trinajstić information content (AvgIpc) is 2.72. The lowest BCUT2D eigenvalue weighted by Crippen LogP contribution is -2.41. The van der Waals surface area contributed by atoms with Crippen LogP contribution in [0.2, 0.25) is 5.02 Å². The molecule has 0 saturated carbocycles. The lowest BCUT2D eigenvalue weighted by molar-refractivity contribution is -0.156. The van der Waals surface area contributed by atoms with Crippen LogP contribution in [-0.2, 0) is 14.3 Å². The Morgan fingerprint density at radius 2 is 1.83 bits per heavy atom. The van der Waals surface area contributed by atoms with Gasteiger partial charge in [-0.2, -0.15) is 0 Å². The second kappa shape index (κ2) is 11.1. The molecule has 2 aromatic carbocycles. The Hall–Kier alpha value is -3.06. The number of aryl methyl sites for hydroxylation is 1. The van der Waals surface area contributed by atoms with Crippen LogP contribution >= 0.6 is 11.6 Å². The first-order valence-corrected chi connectivity index (χ1v) is 9.44. The number of urea groups is 1. The third-order valence-electron chi connectivity index (χ3n) is 3.98. The zero-order valence-corrected chi connectivity index (χ0v) is 17.0. The molecule has 0 heterocycles. The maximum absolute atomic E-state index is 12.3. The number of ether oxygens (including phenoxy) is 2. The van der Waals surface area contributed by atoms with Gasteiger partial charge in [0.2, 0.25) is 6.10 Å². The summed E-state index contributed by atoms with van der Waals surface area (Å²) >= 11 is 5.97. The van der Waals surface area contributed by atoms with Gasteiger partial charge in [0.1, 0.15) is 5.75 Å². The molecule has 0 aliphatic carbocycles. The lowest BCUT2D eigenvalue weighted by Gasteiger charge is -2.17. The van der Waals surface area contributed by atoms with Gasteiger partial charge in [0.05, 0.1) is 6.61 Å². The number of nitrogens with one attached hydrogen (secondary N) is 2. The first-order chi connectivity index (χ1) is 13.9. The van der Waals surface area contributed by atoms with Gasteiger partial charge in [-0.1, -0.05) is 41.9 Å². The Balaban J connectivity index is 1.89. The number of imide groups is 1. The summed E-state index contributed by atoms with van der Waals surface area (Å²) < 4.78 is 10.9. The van der Waals surface area contributed by atoms with Crippen molar-refractivity contribution in [1.29, 1.82) is 0 Å². The minimum atomic E-state index is -1.22. The zero-order valence-electron chi connectivity index (χ0n) is 16.2.